The molecule has 1 N–H and O–H groups in total. The van der Waals surface area contributed by atoms with Crippen molar-refractivity contribution in [2.24, 2.45) is 5.10 Å². The van der Waals surface area contributed by atoms with Crippen molar-refractivity contribution in [1.29, 1.82) is 0 Å². The standard InChI is InChI=1S/C16H10FN3O4S/c17-10-3-5-12(13(8-10)20(22)23)14-6-4-11(24-14)9-18-19-16(21)15-2-1-7-25-15/h1-9H,(H,19,21). The number of amides is 1. The van der Waals surface area contributed by atoms with Gasteiger partial charge < -0.3 is 4.42 Å². The van der Waals surface area contributed by atoms with E-state index in [9.17, 15) is 19.3 Å². The Morgan fingerprint density at radius 3 is 2.88 bits per heavy atom. The zero-order chi connectivity index (χ0) is 17.8. The molecular weight excluding hydrogens is 349 g/mol. The minimum Gasteiger partial charge on any atom is -0.455 e. The molecule has 2 aromatic heterocycles. The van der Waals surface area contributed by atoms with E-state index in [0.717, 1.165) is 12.1 Å². The van der Waals surface area contributed by atoms with Crippen molar-refractivity contribution < 1.29 is 18.5 Å². The molecule has 3 aromatic rings. The monoisotopic (exact) mass is 359 g/mol. The highest BCUT2D eigenvalue weighted by Gasteiger charge is 2.19. The van der Waals surface area contributed by atoms with E-state index in [1.54, 1.807) is 17.5 Å². The van der Waals surface area contributed by atoms with Crippen LogP contribution in [0.4, 0.5) is 10.1 Å². The van der Waals surface area contributed by atoms with E-state index in [1.807, 2.05) is 0 Å². The first kappa shape index (κ1) is 16.5. The molecule has 0 radical (unpaired) electrons. The number of rotatable bonds is 5. The van der Waals surface area contributed by atoms with E-state index in [4.69, 9.17) is 4.42 Å². The highest BCUT2D eigenvalue weighted by atomic mass is 32.1. The number of furan rings is 1. The van der Waals surface area contributed by atoms with Crippen LogP contribution >= 0.6 is 11.3 Å². The lowest BCUT2D eigenvalue weighted by atomic mass is 10.1. The minimum atomic E-state index is -0.708. The minimum absolute atomic E-state index is 0.147. The fraction of sp³-hybridized carbons (Fsp3) is 0. The summed E-state index contributed by atoms with van der Waals surface area (Å²) < 4.78 is 18.6. The van der Waals surface area contributed by atoms with Gasteiger partial charge in [0.05, 0.1) is 27.6 Å². The van der Waals surface area contributed by atoms with Crippen LogP contribution in [-0.4, -0.2) is 17.0 Å². The van der Waals surface area contributed by atoms with Gasteiger partial charge in [0, 0.05) is 0 Å². The highest BCUT2D eigenvalue weighted by Crippen LogP contribution is 2.31. The molecule has 1 amide bonds. The third-order valence-corrected chi connectivity index (χ3v) is 4.02. The SMILES string of the molecule is O=C(NN=Cc1ccc(-c2ccc(F)cc2[N+](=O)[O-])o1)c1cccs1. The molecule has 0 atom stereocenters. The van der Waals surface area contributed by atoms with Gasteiger partial charge in [0.1, 0.15) is 17.3 Å². The van der Waals surface area contributed by atoms with Crippen LogP contribution in [0.3, 0.4) is 0 Å². The third-order valence-electron chi connectivity index (χ3n) is 3.15. The number of carbonyl (C=O) groups is 1. The highest BCUT2D eigenvalue weighted by molar-refractivity contribution is 7.12. The molecule has 25 heavy (non-hydrogen) atoms. The van der Waals surface area contributed by atoms with Crippen LogP contribution in [-0.2, 0) is 0 Å². The molecule has 0 saturated carbocycles. The molecule has 0 fully saturated rings. The molecule has 0 aliphatic heterocycles. The van der Waals surface area contributed by atoms with E-state index in [1.165, 1.54) is 35.8 Å². The summed E-state index contributed by atoms with van der Waals surface area (Å²) in [5.74, 6) is -0.592. The molecule has 1 aromatic carbocycles. The Morgan fingerprint density at radius 1 is 1.32 bits per heavy atom. The lowest BCUT2D eigenvalue weighted by Crippen LogP contribution is -2.15. The Bertz CT molecular complexity index is 950. The number of halogens is 1. The van der Waals surface area contributed by atoms with Crippen molar-refractivity contribution in [3.8, 4) is 11.3 Å². The number of hydrogen-bond donors (Lipinski definition) is 1. The van der Waals surface area contributed by atoms with Crippen LogP contribution in [0, 0.1) is 15.9 Å². The van der Waals surface area contributed by atoms with E-state index in [2.05, 4.69) is 10.5 Å². The number of nitro groups is 1. The van der Waals surface area contributed by atoms with Gasteiger partial charge in [-0.3, -0.25) is 14.9 Å². The summed E-state index contributed by atoms with van der Waals surface area (Å²) in [6.45, 7) is 0. The number of nitro benzene ring substituents is 1. The quantitative estimate of drug-likeness (QED) is 0.425. The summed E-state index contributed by atoms with van der Waals surface area (Å²) in [7, 11) is 0. The van der Waals surface area contributed by atoms with Gasteiger partial charge in [0.15, 0.2) is 0 Å². The summed E-state index contributed by atoms with van der Waals surface area (Å²) >= 11 is 1.28. The van der Waals surface area contributed by atoms with Crippen molar-refractivity contribution in [2.45, 2.75) is 0 Å². The van der Waals surface area contributed by atoms with Crippen LogP contribution in [0.2, 0.25) is 0 Å². The topological polar surface area (TPSA) is 97.7 Å². The molecule has 0 spiro atoms. The van der Waals surface area contributed by atoms with E-state index in [-0.39, 0.29) is 23.0 Å². The van der Waals surface area contributed by atoms with Crippen LogP contribution < -0.4 is 5.43 Å². The molecule has 0 unspecified atom stereocenters. The fourth-order valence-electron chi connectivity index (χ4n) is 2.05. The maximum absolute atomic E-state index is 13.2. The zero-order valence-corrected chi connectivity index (χ0v) is 13.3. The van der Waals surface area contributed by atoms with Crippen molar-refractivity contribution in [3.63, 3.8) is 0 Å². The predicted octanol–water partition coefficient (Wildman–Crippen LogP) is 3.82. The second-order valence-electron chi connectivity index (χ2n) is 4.80. The van der Waals surface area contributed by atoms with Gasteiger partial charge in [-0.2, -0.15) is 5.10 Å². The van der Waals surface area contributed by atoms with E-state index >= 15 is 0 Å². The normalized spacial score (nSPS) is 10.9. The number of carbonyl (C=O) groups excluding carboxylic acids is 1. The van der Waals surface area contributed by atoms with Gasteiger partial charge in [-0.1, -0.05) is 6.07 Å². The predicted molar refractivity (Wildman–Crippen MR) is 90.1 cm³/mol. The Hall–Kier alpha value is -3.33. The molecule has 7 nitrogen and oxygen atoms in total. The molecule has 3 rings (SSSR count). The molecule has 126 valence electrons. The van der Waals surface area contributed by atoms with Crippen molar-refractivity contribution >= 4 is 29.1 Å². The van der Waals surface area contributed by atoms with Gasteiger partial charge in [0.2, 0.25) is 0 Å². The Labute approximate surface area is 144 Å². The number of nitrogens with zero attached hydrogens (tertiary/aromatic N) is 2. The first-order valence-electron chi connectivity index (χ1n) is 6.95. The number of hydrazone groups is 1. The smallest absolute Gasteiger partial charge is 0.283 e. The number of hydrogen-bond acceptors (Lipinski definition) is 6. The lowest BCUT2D eigenvalue weighted by Gasteiger charge is -1.99. The van der Waals surface area contributed by atoms with Crippen molar-refractivity contribution in [3.05, 3.63) is 74.4 Å². The largest absolute Gasteiger partial charge is 0.455 e. The lowest BCUT2D eigenvalue weighted by molar-refractivity contribution is -0.384. The molecular formula is C16H10FN3O4S. The average molecular weight is 359 g/mol. The van der Waals surface area contributed by atoms with Crippen LogP contribution in [0.1, 0.15) is 15.4 Å². The maximum Gasteiger partial charge on any atom is 0.283 e. The van der Waals surface area contributed by atoms with Crippen LogP contribution in [0.25, 0.3) is 11.3 Å². The van der Waals surface area contributed by atoms with Gasteiger partial charge in [-0.25, -0.2) is 9.82 Å². The molecule has 0 aliphatic carbocycles. The maximum atomic E-state index is 13.2. The average Bonchev–Trinajstić information content (AvgIpc) is 3.26. The summed E-state index contributed by atoms with van der Waals surface area (Å²) in [5, 5.41) is 16.6. The summed E-state index contributed by atoms with van der Waals surface area (Å²) in [5.41, 5.74) is 2.09. The van der Waals surface area contributed by atoms with Gasteiger partial charge in [-0.05, 0) is 35.7 Å². The van der Waals surface area contributed by atoms with Crippen molar-refractivity contribution in [2.75, 3.05) is 0 Å². The molecule has 0 bridgehead atoms. The summed E-state index contributed by atoms with van der Waals surface area (Å²) in [6, 6.07) is 9.65. The Morgan fingerprint density at radius 2 is 2.16 bits per heavy atom. The first-order chi connectivity index (χ1) is 12.0. The summed E-state index contributed by atoms with van der Waals surface area (Å²) in [4.78, 5) is 22.6. The van der Waals surface area contributed by atoms with Crippen LogP contribution in [0.15, 0.2) is 57.4 Å². The van der Waals surface area contributed by atoms with E-state index in [0.29, 0.717) is 4.88 Å². The molecule has 9 heteroatoms. The molecule has 2 heterocycles. The van der Waals surface area contributed by atoms with Gasteiger partial charge >= 0.3 is 0 Å². The second kappa shape index (κ2) is 7.05. The Kier molecular flexibility index (Phi) is 4.66. The number of thiophene rings is 1. The summed E-state index contributed by atoms with van der Waals surface area (Å²) in [6.07, 6.45) is 1.27. The first-order valence-corrected chi connectivity index (χ1v) is 7.83. The fourth-order valence-corrected chi connectivity index (χ4v) is 2.66. The number of benzene rings is 1. The van der Waals surface area contributed by atoms with E-state index < -0.39 is 16.4 Å². The third kappa shape index (κ3) is 3.78. The molecule has 0 saturated heterocycles. The van der Waals surface area contributed by atoms with Crippen molar-refractivity contribution in [1.82, 2.24) is 5.43 Å². The molecule has 0 aliphatic rings. The Balaban J connectivity index is 1.76. The van der Waals surface area contributed by atoms with Gasteiger partial charge in [-0.15, -0.1) is 11.3 Å². The number of nitrogens with one attached hydrogen (secondary N) is 1. The van der Waals surface area contributed by atoms with Crippen LogP contribution in [0.5, 0.6) is 0 Å². The van der Waals surface area contributed by atoms with Gasteiger partial charge in [0.25, 0.3) is 11.6 Å². The second-order valence-corrected chi connectivity index (χ2v) is 5.74. The zero-order valence-electron chi connectivity index (χ0n) is 12.5.